The molecule has 1 heterocycles. The minimum Gasteiger partial charge on any atom is -0.389 e. The predicted molar refractivity (Wildman–Crippen MR) is 69.7 cm³/mol. The molecule has 0 amide bonds. The monoisotopic (exact) mass is 227 g/mol. The number of unbranched alkanes of at least 4 members (excludes halogenated alkanes) is 5. The van der Waals surface area contributed by atoms with Crippen LogP contribution in [0.5, 0.6) is 0 Å². The van der Waals surface area contributed by atoms with Crippen molar-refractivity contribution < 1.29 is 5.11 Å². The SMILES string of the molecule is CCCCCCCCC1(O)CCCN(C)C1. The van der Waals surface area contributed by atoms with E-state index in [-0.39, 0.29) is 5.60 Å². The Labute approximate surface area is 101 Å². The van der Waals surface area contributed by atoms with Crippen LogP contribution in [0.1, 0.15) is 64.7 Å². The molecule has 1 fully saturated rings. The molecule has 0 aliphatic carbocycles. The van der Waals surface area contributed by atoms with Gasteiger partial charge in [0.2, 0.25) is 0 Å². The average Bonchev–Trinajstić information content (AvgIpc) is 2.23. The lowest BCUT2D eigenvalue weighted by Gasteiger charge is -2.37. The van der Waals surface area contributed by atoms with Crippen LogP contribution in [0.15, 0.2) is 0 Å². The fourth-order valence-electron chi connectivity index (χ4n) is 2.78. The third-order valence-electron chi connectivity index (χ3n) is 3.74. The van der Waals surface area contributed by atoms with Crippen LogP contribution in [-0.2, 0) is 0 Å². The second kappa shape index (κ2) is 7.29. The van der Waals surface area contributed by atoms with Crippen molar-refractivity contribution in [2.45, 2.75) is 70.3 Å². The van der Waals surface area contributed by atoms with Gasteiger partial charge in [0.15, 0.2) is 0 Å². The fourth-order valence-corrected chi connectivity index (χ4v) is 2.78. The van der Waals surface area contributed by atoms with Crippen molar-refractivity contribution in [2.75, 3.05) is 20.1 Å². The molecule has 0 spiro atoms. The van der Waals surface area contributed by atoms with E-state index in [2.05, 4.69) is 18.9 Å². The molecule has 0 bridgehead atoms. The van der Waals surface area contributed by atoms with Gasteiger partial charge in [-0.1, -0.05) is 45.4 Å². The maximum Gasteiger partial charge on any atom is 0.0774 e. The van der Waals surface area contributed by atoms with Gasteiger partial charge < -0.3 is 10.0 Å². The van der Waals surface area contributed by atoms with E-state index >= 15 is 0 Å². The van der Waals surface area contributed by atoms with Crippen molar-refractivity contribution >= 4 is 0 Å². The first-order chi connectivity index (χ1) is 7.66. The number of likely N-dealkylation sites (N-methyl/N-ethyl adjacent to an activating group) is 1. The van der Waals surface area contributed by atoms with Crippen molar-refractivity contribution in [3.8, 4) is 0 Å². The number of likely N-dealkylation sites (tertiary alicyclic amines) is 1. The summed E-state index contributed by atoms with van der Waals surface area (Å²) < 4.78 is 0. The maximum absolute atomic E-state index is 10.4. The van der Waals surface area contributed by atoms with E-state index in [1.54, 1.807) is 0 Å². The smallest absolute Gasteiger partial charge is 0.0774 e. The standard InChI is InChI=1S/C14H29NO/c1-3-4-5-6-7-8-10-14(16)11-9-12-15(2)13-14/h16H,3-13H2,1-2H3. The van der Waals surface area contributed by atoms with Gasteiger partial charge in [-0.25, -0.2) is 0 Å². The van der Waals surface area contributed by atoms with E-state index in [0.29, 0.717) is 0 Å². The highest BCUT2D eigenvalue weighted by atomic mass is 16.3. The molecule has 1 aliphatic heterocycles. The lowest BCUT2D eigenvalue weighted by Crippen LogP contribution is -2.46. The van der Waals surface area contributed by atoms with Gasteiger partial charge in [0.1, 0.15) is 0 Å². The zero-order chi connectivity index (χ0) is 11.9. The highest BCUT2D eigenvalue weighted by molar-refractivity contribution is 4.85. The minimum atomic E-state index is -0.377. The average molecular weight is 227 g/mol. The number of nitrogens with zero attached hydrogens (tertiary/aromatic N) is 1. The first-order valence-corrected chi connectivity index (χ1v) is 7.07. The summed E-state index contributed by atoms with van der Waals surface area (Å²) in [5, 5.41) is 10.4. The molecule has 1 rings (SSSR count). The molecule has 1 N–H and O–H groups in total. The van der Waals surface area contributed by atoms with Crippen molar-refractivity contribution in [1.29, 1.82) is 0 Å². The molecule has 1 unspecified atom stereocenters. The molecule has 0 radical (unpaired) electrons. The van der Waals surface area contributed by atoms with Crippen LogP contribution in [0.3, 0.4) is 0 Å². The Morgan fingerprint density at radius 3 is 2.50 bits per heavy atom. The predicted octanol–water partition coefficient (Wildman–Crippen LogP) is 3.19. The molecule has 0 aromatic rings. The van der Waals surface area contributed by atoms with Gasteiger partial charge >= 0.3 is 0 Å². The van der Waals surface area contributed by atoms with E-state index in [9.17, 15) is 5.11 Å². The largest absolute Gasteiger partial charge is 0.389 e. The number of rotatable bonds is 7. The van der Waals surface area contributed by atoms with E-state index < -0.39 is 0 Å². The van der Waals surface area contributed by atoms with Crippen molar-refractivity contribution in [1.82, 2.24) is 4.90 Å². The van der Waals surface area contributed by atoms with Gasteiger partial charge in [-0.15, -0.1) is 0 Å². The molecule has 0 aromatic carbocycles. The van der Waals surface area contributed by atoms with Crippen molar-refractivity contribution in [3.05, 3.63) is 0 Å². The van der Waals surface area contributed by atoms with Crippen LogP contribution in [0.2, 0.25) is 0 Å². The second-order valence-corrected chi connectivity index (χ2v) is 5.58. The summed E-state index contributed by atoms with van der Waals surface area (Å²) in [5.74, 6) is 0. The third-order valence-corrected chi connectivity index (χ3v) is 3.74. The van der Waals surface area contributed by atoms with Gasteiger partial charge in [0.25, 0.3) is 0 Å². The molecule has 0 aromatic heterocycles. The van der Waals surface area contributed by atoms with E-state index in [1.807, 2.05) is 0 Å². The van der Waals surface area contributed by atoms with Gasteiger partial charge in [0, 0.05) is 6.54 Å². The zero-order valence-electron chi connectivity index (χ0n) is 11.2. The molecule has 1 saturated heterocycles. The quantitative estimate of drug-likeness (QED) is 0.675. The molecule has 96 valence electrons. The molecule has 0 saturated carbocycles. The molecule has 16 heavy (non-hydrogen) atoms. The molecular formula is C14H29NO. The Balaban J connectivity index is 2.06. The summed E-state index contributed by atoms with van der Waals surface area (Å²) in [7, 11) is 2.12. The molecule has 1 atom stereocenters. The highest BCUT2D eigenvalue weighted by Crippen LogP contribution is 2.26. The molecular weight excluding hydrogens is 198 g/mol. The Kier molecular flexibility index (Phi) is 6.37. The fraction of sp³-hybridized carbons (Fsp3) is 1.00. The molecule has 2 heteroatoms. The van der Waals surface area contributed by atoms with E-state index in [0.717, 1.165) is 32.4 Å². The molecule has 2 nitrogen and oxygen atoms in total. The Hall–Kier alpha value is -0.0800. The number of aliphatic hydroxyl groups is 1. The summed E-state index contributed by atoms with van der Waals surface area (Å²) >= 11 is 0. The lowest BCUT2D eigenvalue weighted by molar-refractivity contribution is -0.0311. The molecule has 1 aliphatic rings. The topological polar surface area (TPSA) is 23.5 Å². The summed E-state index contributed by atoms with van der Waals surface area (Å²) in [6, 6.07) is 0. The third kappa shape index (κ3) is 5.31. The zero-order valence-corrected chi connectivity index (χ0v) is 11.2. The van der Waals surface area contributed by atoms with Gasteiger partial charge in [-0.2, -0.15) is 0 Å². The number of piperidine rings is 1. The van der Waals surface area contributed by atoms with E-state index in [4.69, 9.17) is 0 Å². The highest BCUT2D eigenvalue weighted by Gasteiger charge is 2.30. The van der Waals surface area contributed by atoms with Crippen LogP contribution in [0, 0.1) is 0 Å². The number of hydrogen-bond acceptors (Lipinski definition) is 2. The number of hydrogen-bond donors (Lipinski definition) is 1. The van der Waals surface area contributed by atoms with Gasteiger partial charge in [0.05, 0.1) is 5.60 Å². The Morgan fingerprint density at radius 2 is 1.81 bits per heavy atom. The normalized spacial score (nSPS) is 27.2. The Bertz CT molecular complexity index is 184. The second-order valence-electron chi connectivity index (χ2n) is 5.58. The van der Waals surface area contributed by atoms with Crippen LogP contribution in [0.25, 0.3) is 0 Å². The minimum absolute atomic E-state index is 0.377. The summed E-state index contributed by atoms with van der Waals surface area (Å²) in [6.07, 6.45) is 11.1. The van der Waals surface area contributed by atoms with Gasteiger partial charge in [-0.05, 0) is 32.9 Å². The van der Waals surface area contributed by atoms with Crippen LogP contribution in [-0.4, -0.2) is 35.7 Å². The first kappa shape index (κ1) is 14.0. The van der Waals surface area contributed by atoms with Crippen molar-refractivity contribution in [3.63, 3.8) is 0 Å². The first-order valence-electron chi connectivity index (χ1n) is 7.07. The van der Waals surface area contributed by atoms with Crippen molar-refractivity contribution in [2.24, 2.45) is 0 Å². The maximum atomic E-state index is 10.4. The summed E-state index contributed by atoms with van der Waals surface area (Å²) in [6.45, 7) is 4.28. The lowest BCUT2D eigenvalue weighted by atomic mass is 9.87. The van der Waals surface area contributed by atoms with Gasteiger partial charge in [-0.3, -0.25) is 0 Å². The van der Waals surface area contributed by atoms with E-state index in [1.165, 1.54) is 38.5 Å². The van der Waals surface area contributed by atoms with Crippen LogP contribution >= 0.6 is 0 Å². The summed E-state index contributed by atoms with van der Waals surface area (Å²) in [5.41, 5.74) is -0.377. The summed E-state index contributed by atoms with van der Waals surface area (Å²) in [4.78, 5) is 2.26. The number of β-amino-alcohol motifs (C(OH)–C–C–N with tert-alkyl or cyclic N) is 1. The Morgan fingerprint density at radius 1 is 1.12 bits per heavy atom. The van der Waals surface area contributed by atoms with Crippen LogP contribution < -0.4 is 0 Å². The van der Waals surface area contributed by atoms with Crippen LogP contribution in [0.4, 0.5) is 0 Å².